The monoisotopic (exact) mass is 349 g/mol. The zero-order valence-corrected chi connectivity index (χ0v) is 14.2. The number of aliphatic carboxylic acids is 1. The first-order valence-corrected chi connectivity index (χ1v) is 7.49. The smallest absolute Gasteiger partial charge is 0.408 e. The van der Waals surface area contributed by atoms with Crippen molar-refractivity contribution in [2.75, 3.05) is 0 Å². The highest BCUT2D eigenvalue weighted by Gasteiger charge is 2.32. The van der Waals surface area contributed by atoms with Crippen LogP contribution in [0, 0.1) is 19.8 Å². The van der Waals surface area contributed by atoms with Crippen LogP contribution in [-0.2, 0) is 16.1 Å². The fraction of sp³-hybridized carbons (Fsp3) is 0.667. The van der Waals surface area contributed by atoms with Gasteiger partial charge in [0.1, 0.15) is 6.54 Å². The number of amides is 1. The number of hydrogen-bond acceptors (Lipinski definition) is 3. The number of nitrogens with zero attached hydrogens (tertiary/aromatic N) is 2. The molecule has 1 amide bonds. The van der Waals surface area contributed by atoms with E-state index in [9.17, 15) is 22.8 Å². The van der Waals surface area contributed by atoms with Gasteiger partial charge in [0.2, 0.25) is 5.91 Å². The topological polar surface area (TPSA) is 84.2 Å². The first kappa shape index (κ1) is 20.0. The van der Waals surface area contributed by atoms with Crippen molar-refractivity contribution < 1.29 is 27.9 Å². The van der Waals surface area contributed by atoms with Gasteiger partial charge >= 0.3 is 12.1 Å². The lowest BCUT2D eigenvalue weighted by Crippen LogP contribution is -2.42. The molecule has 3 unspecified atom stereocenters. The van der Waals surface area contributed by atoms with Crippen LogP contribution >= 0.6 is 0 Å². The molecule has 0 fully saturated rings. The summed E-state index contributed by atoms with van der Waals surface area (Å²) in [4.78, 5) is 23.3. The van der Waals surface area contributed by atoms with Gasteiger partial charge in [0.05, 0.1) is 17.5 Å². The van der Waals surface area contributed by atoms with E-state index in [1.54, 1.807) is 20.8 Å². The Hall–Kier alpha value is -2.06. The summed E-state index contributed by atoms with van der Waals surface area (Å²) in [6, 6.07) is -0.608. The standard InChI is InChI=1S/C15H22F3N3O3/c1-7(14(23)24)9(3)19-13(22)8(2)12-10(4)20-21(11(12)5)6-15(16,17)18/h7-9H,6H2,1-5H3,(H,19,22)(H,23,24). The van der Waals surface area contributed by atoms with Gasteiger partial charge in [0.25, 0.3) is 0 Å². The molecule has 0 aliphatic heterocycles. The number of aryl methyl sites for hydroxylation is 1. The molecule has 24 heavy (non-hydrogen) atoms. The number of carbonyl (C=O) groups excluding carboxylic acids is 1. The number of alkyl halides is 3. The van der Waals surface area contributed by atoms with Gasteiger partial charge in [0.15, 0.2) is 0 Å². The molecular weight excluding hydrogens is 327 g/mol. The fourth-order valence-electron chi connectivity index (χ4n) is 2.48. The Morgan fingerprint density at radius 3 is 2.25 bits per heavy atom. The third-order valence-electron chi connectivity index (χ3n) is 4.10. The summed E-state index contributed by atoms with van der Waals surface area (Å²) in [5, 5.41) is 15.4. The second-order valence-electron chi connectivity index (χ2n) is 6.00. The van der Waals surface area contributed by atoms with Crippen LogP contribution in [0.1, 0.15) is 43.6 Å². The van der Waals surface area contributed by atoms with E-state index >= 15 is 0 Å². The van der Waals surface area contributed by atoms with Gasteiger partial charge in [-0.2, -0.15) is 18.3 Å². The number of hydrogen-bond donors (Lipinski definition) is 2. The van der Waals surface area contributed by atoms with Crippen molar-refractivity contribution in [3.05, 3.63) is 17.0 Å². The van der Waals surface area contributed by atoms with Crippen LogP contribution in [0.25, 0.3) is 0 Å². The van der Waals surface area contributed by atoms with Crippen LogP contribution in [0.15, 0.2) is 0 Å². The average Bonchev–Trinajstić information content (AvgIpc) is 2.69. The Kier molecular flexibility index (Phi) is 6.02. The number of rotatable bonds is 6. The summed E-state index contributed by atoms with van der Waals surface area (Å²) < 4.78 is 38.5. The van der Waals surface area contributed by atoms with E-state index in [0.29, 0.717) is 11.3 Å². The molecule has 0 saturated carbocycles. The van der Waals surface area contributed by atoms with Crippen LogP contribution in [0.3, 0.4) is 0 Å². The highest BCUT2D eigenvalue weighted by Crippen LogP contribution is 2.26. The van der Waals surface area contributed by atoms with Gasteiger partial charge in [-0.05, 0) is 34.6 Å². The van der Waals surface area contributed by atoms with Crippen molar-refractivity contribution in [1.29, 1.82) is 0 Å². The summed E-state index contributed by atoms with van der Waals surface area (Å²) in [7, 11) is 0. The van der Waals surface area contributed by atoms with Crippen LogP contribution < -0.4 is 5.32 Å². The molecule has 1 aromatic heterocycles. The van der Waals surface area contributed by atoms with E-state index in [0.717, 1.165) is 4.68 Å². The molecule has 6 nitrogen and oxygen atoms in total. The molecule has 0 bridgehead atoms. The number of halogens is 3. The molecule has 0 saturated heterocycles. The van der Waals surface area contributed by atoms with E-state index < -0.39 is 42.5 Å². The number of carboxylic acid groups (broad SMARTS) is 1. The first-order valence-electron chi connectivity index (χ1n) is 7.49. The molecule has 0 aliphatic carbocycles. The highest BCUT2D eigenvalue weighted by atomic mass is 19.4. The van der Waals surface area contributed by atoms with Crippen molar-refractivity contribution in [2.24, 2.45) is 5.92 Å². The predicted molar refractivity (Wildman–Crippen MR) is 80.6 cm³/mol. The number of aromatic nitrogens is 2. The predicted octanol–water partition coefficient (Wildman–Crippen LogP) is 2.39. The number of carboxylic acids is 1. The number of nitrogens with one attached hydrogen (secondary N) is 1. The fourth-order valence-corrected chi connectivity index (χ4v) is 2.48. The Labute approximate surface area is 138 Å². The Balaban J connectivity index is 2.97. The normalized spacial score (nSPS) is 15.7. The van der Waals surface area contributed by atoms with E-state index in [1.165, 1.54) is 13.8 Å². The van der Waals surface area contributed by atoms with E-state index in [1.807, 2.05) is 0 Å². The molecule has 136 valence electrons. The Morgan fingerprint density at radius 1 is 1.25 bits per heavy atom. The molecule has 2 N–H and O–H groups in total. The lowest BCUT2D eigenvalue weighted by molar-refractivity contribution is -0.143. The molecule has 0 aliphatic rings. The maximum Gasteiger partial charge on any atom is 0.408 e. The molecule has 0 radical (unpaired) electrons. The minimum absolute atomic E-state index is 0.270. The molecule has 1 heterocycles. The lowest BCUT2D eigenvalue weighted by Gasteiger charge is -2.21. The molecule has 9 heteroatoms. The average molecular weight is 349 g/mol. The summed E-state index contributed by atoms with van der Waals surface area (Å²) in [6.07, 6.45) is -4.41. The van der Waals surface area contributed by atoms with E-state index in [2.05, 4.69) is 10.4 Å². The second-order valence-corrected chi connectivity index (χ2v) is 6.00. The van der Waals surface area contributed by atoms with Gasteiger partial charge in [-0.15, -0.1) is 0 Å². The van der Waals surface area contributed by atoms with Gasteiger partial charge < -0.3 is 10.4 Å². The van der Waals surface area contributed by atoms with Gasteiger partial charge in [0, 0.05) is 17.3 Å². The summed E-state index contributed by atoms with van der Waals surface area (Å²) in [6.45, 7) is 6.39. The second kappa shape index (κ2) is 7.23. The van der Waals surface area contributed by atoms with Gasteiger partial charge in [-0.25, -0.2) is 0 Å². The Bertz CT molecular complexity index is 625. The van der Waals surface area contributed by atoms with Crippen molar-refractivity contribution in [3.63, 3.8) is 0 Å². The lowest BCUT2D eigenvalue weighted by atomic mass is 9.96. The highest BCUT2D eigenvalue weighted by molar-refractivity contribution is 5.84. The van der Waals surface area contributed by atoms with Crippen molar-refractivity contribution in [2.45, 2.75) is 59.3 Å². The number of carbonyl (C=O) groups is 2. The van der Waals surface area contributed by atoms with Crippen LogP contribution in [-0.4, -0.2) is 39.0 Å². The summed E-state index contributed by atoms with van der Waals surface area (Å²) in [5.74, 6) is -3.01. The van der Waals surface area contributed by atoms with Gasteiger partial charge in [-0.3, -0.25) is 14.3 Å². The summed E-state index contributed by atoms with van der Waals surface area (Å²) >= 11 is 0. The first-order chi connectivity index (χ1) is 10.8. The molecule has 0 spiro atoms. The minimum Gasteiger partial charge on any atom is -0.481 e. The zero-order valence-electron chi connectivity index (χ0n) is 14.2. The maximum atomic E-state index is 12.6. The Morgan fingerprint density at radius 2 is 1.79 bits per heavy atom. The summed E-state index contributed by atoms with van der Waals surface area (Å²) in [5.41, 5.74) is 1.04. The maximum absolute atomic E-state index is 12.6. The third kappa shape index (κ3) is 4.72. The molecule has 3 atom stereocenters. The zero-order chi connectivity index (χ0) is 18.8. The third-order valence-corrected chi connectivity index (χ3v) is 4.10. The van der Waals surface area contributed by atoms with E-state index in [4.69, 9.17) is 5.11 Å². The largest absolute Gasteiger partial charge is 0.481 e. The molecular formula is C15H22F3N3O3. The minimum atomic E-state index is -4.41. The van der Waals surface area contributed by atoms with Crippen molar-refractivity contribution in [3.8, 4) is 0 Å². The quantitative estimate of drug-likeness (QED) is 0.826. The van der Waals surface area contributed by atoms with Crippen LogP contribution in [0.4, 0.5) is 13.2 Å². The van der Waals surface area contributed by atoms with Crippen molar-refractivity contribution >= 4 is 11.9 Å². The molecule has 0 aromatic carbocycles. The van der Waals surface area contributed by atoms with E-state index in [-0.39, 0.29) is 5.69 Å². The van der Waals surface area contributed by atoms with Gasteiger partial charge in [-0.1, -0.05) is 0 Å². The van der Waals surface area contributed by atoms with Crippen LogP contribution in [0.5, 0.6) is 0 Å². The van der Waals surface area contributed by atoms with Crippen LogP contribution in [0.2, 0.25) is 0 Å². The SMILES string of the molecule is Cc1nn(CC(F)(F)F)c(C)c1C(C)C(=O)NC(C)C(C)C(=O)O. The molecule has 1 rings (SSSR count). The van der Waals surface area contributed by atoms with Crippen molar-refractivity contribution in [1.82, 2.24) is 15.1 Å². The molecule has 1 aromatic rings.